The summed E-state index contributed by atoms with van der Waals surface area (Å²) in [6.45, 7) is 3.41. The van der Waals surface area contributed by atoms with Gasteiger partial charge < -0.3 is 19.7 Å². The number of sulfonamides is 1. The number of carbonyl (C=O) groups is 2. The molecule has 1 aliphatic rings. The molecular weight excluding hydrogens is 614 g/mol. The van der Waals surface area contributed by atoms with E-state index in [0.29, 0.717) is 17.2 Å². The normalized spacial score (nSPS) is 14.3. The molecule has 0 radical (unpaired) electrons. The van der Waals surface area contributed by atoms with E-state index in [9.17, 15) is 18.0 Å². The molecule has 0 unspecified atom stereocenters. The lowest BCUT2D eigenvalue weighted by atomic mass is 9.95. The Morgan fingerprint density at radius 2 is 1.62 bits per heavy atom. The van der Waals surface area contributed by atoms with Crippen molar-refractivity contribution >= 4 is 39.1 Å². The summed E-state index contributed by atoms with van der Waals surface area (Å²) in [5.41, 5.74) is 2.08. The van der Waals surface area contributed by atoms with E-state index < -0.39 is 28.5 Å². The SMILES string of the molecule is CC[C@H](C(=O)NC1CCCCC1)N(Cc1ccccc1C)C(=O)CN(c1ccc(Cl)cc1)S(=O)(=O)c1ccc(OC)c(OC)c1. The summed E-state index contributed by atoms with van der Waals surface area (Å²) in [5.74, 6) is -0.146. The van der Waals surface area contributed by atoms with E-state index in [4.69, 9.17) is 21.1 Å². The first-order chi connectivity index (χ1) is 21.6. The van der Waals surface area contributed by atoms with E-state index in [0.717, 1.165) is 47.5 Å². The van der Waals surface area contributed by atoms with Gasteiger partial charge in [0.1, 0.15) is 12.6 Å². The minimum Gasteiger partial charge on any atom is -0.493 e. The molecule has 1 N–H and O–H groups in total. The van der Waals surface area contributed by atoms with E-state index in [1.165, 1.54) is 37.3 Å². The molecule has 3 aromatic rings. The summed E-state index contributed by atoms with van der Waals surface area (Å²) < 4.78 is 40.2. The Labute approximate surface area is 271 Å². The lowest BCUT2D eigenvalue weighted by Gasteiger charge is -2.34. The topological polar surface area (TPSA) is 105 Å². The number of hydrogen-bond acceptors (Lipinski definition) is 6. The number of nitrogens with zero attached hydrogens (tertiary/aromatic N) is 2. The summed E-state index contributed by atoms with van der Waals surface area (Å²) in [7, 11) is -1.42. The van der Waals surface area contributed by atoms with Gasteiger partial charge >= 0.3 is 0 Å². The molecule has 3 aromatic carbocycles. The van der Waals surface area contributed by atoms with Crippen molar-refractivity contribution in [3.8, 4) is 11.5 Å². The summed E-state index contributed by atoms with van der Waals surface area (Å²) in [6.07, 6.45) is 5.43. The lowest BCUT2D eigenvalue weighted by Crippen LogP contribution is -2.54. The summed E-state index contributed by atoms with van der Waals surface area (Å²) in [4.78, 5) is 29.5. The average Bonchev–Trinajstić information content (AvgIpc) is 3.04. The minimum atomic E-state index is -4.30. The second kappa shape index (κ2) is 15.5. The summed E-state index contributed by atoms with van der Waals surface area (Å²) >= 11 is 6.14. The van der Waals surface area contributed by atoms with Gasteiger partial charge in [0.15, 0.2) is 11.5 Å². The second-order valence-corrected chi connectivity index (χ2v) is 13.5. The van der Waals surface area contributed by atoms with Crippen LogP contribution in [0.5, 0.6) is 11.5 Å². The molecule has 242 valence electrons. The number of carbonyl (C=O) groups excluding carboxylic acids is 2. The van der Waals surface area contributed by atoms with Gasteiger partial charge in [-0.05, 0) is 73.7 Å². The third kappa shape index (κ3) is 8.29. The highest BCUT2D eigenvalue weighted by Crippen LogP contribution is 2.33. The highest BCUT2D eigenvalue weighted by molar-refractivity contribution is 7.92. The quantitative estimate of drug-likeness (QED) is 0.238. The van der Waals surface area contributed by atoms with Crippen LogP contribution in [-0.4, -0.2) is 58.0 Å². The van der Waals surface area contributed by atoms with Crippen LogP contribution in [0.4, 0.5) is 5.69 Å². The second-order valence-electron chi connectivity index (χ2n) is 11.2. The number of rotatable bonds is 13. The molecule has 2 amide bonds. The van der Waals surface area contributed by atoms with Crippen molar-refractivity contribution in [2.24, 2.45) is 0 Å². The van der Waals surface area contributed by atoms with Crippen LogP contribution in [0.1, 0.15) is 56.6 Å². The van der Waals surface area contributed by atoms with Crippen LogP contribution in [0, 0.1) is 6.92 Å². The fraction of sp³-hybridized carbons (Fsp3) is 0.412. The molecular formula is C34H42ClN3O6S. The number of aryl methyl sites for hydroxylation is 1. The van der Waals surface area contributed by atoms with Gasteiger partial charge in [0, 0.05) is 23.7 Å². The molecule has 0 heterocycles. The molecule has 9 nitrogen and oxygen atoms in total. The average molecular weight is 656 g/mol. The molecule has 0 aromatic heterocycles. The molecule has 1 aliphatic carbocycles. The maximum absolute atomic E-state index is 14.4. The smallest absolute Gasteiger partial charge is 0.264 e. The number of hydrogen-bond donors (Lipinski definition) is 1. The maximum atomic E-state index is 14.4. The number of benzene rings is 3. The van der Waals surface area contributed by atoms with Crippen molar-refractivity contribution in [1.29, 1.82) is 0 Å². The van der Waals surface area contributed by atoms with Crippen molar-refractivity contribution in [3.63, 3.8) is 0 Å². The van der Waals surface area contributed by atoms with E-state index in [2.05, 4.69) is 5.32 Å². The molecule has 0 aliphatic heterocycles. The largest absolute Gasteiger partial charge is 0.493 e. The van der Waals surface area contributed by atoms with Gasteiger partial charge in [0.25, 0.3) is 10.0 Å². The zero-order valence-electron chi connectivity index (χ0n) is 26.3. The lowest BCUT2D eigenvalue weighted by molar-refractivity contribution is -0.140. The van der Waals surface area contributed by atoms with Gasteiger partial charge in [0.05, 0.1) is 24.8 Å². The molecule has 45 heavy (non-hydrogen) atoms. The fourth-order valence-electron chi connectivity index (χ4n) is 5.68. The first kappa shape index (κ1) is 34.1. The third-order valence-corrected chi connectivity index (χ3v) is 10.3. The Balaban J connectivity index is 1.74. The number of halogens is 1. The predicted molar refractivity (Wildman–Crippen MR) is 176 cm³/mol. The maximum Gasteiger partial charge on any atom is 0.264 e. The number of ether oxygens (including phenoxy) is 2. The van der Waals surface area contributed by atoms with Crippen LogP contribution in [-0.2, 0) is 26.2 Å². The Hall–Kier alpha value is -3.76. The van der Waals surface area contributed by atoms with E-state index in [1.54, 1.807) is 24.3 Å². The van der Waals surface area contributed by atoms with Crippen LogP contribution in [0.3, 0.4) is 0 Å². The van der Waals surface area contributed by atoms with Crippen molar-refractivity contribution in [1.82, 2.24) is 10.2 Å². The highest BCUT2D eigenvalue weighted by atomic mass is 35.5. The molecule has 0 spiro atoms. The monoisotopic (exact) mass is 655 g/mol. The molecule has 11 heteroatoms. The van der Waals surface area contributed by atoms with Gasteiger partial charge in [-0.2, -0.15) is 0 Å². The fourth-order valence-corrected chi connectivity index (χ4v) is 7.23. The predicted octanol–water partition coefficient (Wildman–Crippen LogP) is 6.12. The van der Waals surface area contributed by atoms with Crippen molar-refractivity contribution in [3.05, 3.63) is 82.9 Å². The number of methoxy groups -OCH3 is 2. The van der Waals surface area contributed by atoms with Crippen LogP contribution >= 0.6 is 11.6 Å². The van der Waals surface area contributed by atoms with Crippen LogP contribution in [0.15, 0.2) is 71.6 Å². The van der Waals surface area contributed by atoms with E-state index in [-0.39, 0.29) is 34.8 Å². The van der Waals surface area contributed by atoms with Gasteiger partial charge in [0.2, 0.25) is 11.8 Å². The minimum absolute atomic E-state index is 0.0618. The standard InChI is InChI=1S/C34H42ClN3O6S/c1-5-30(34(40)36-27-13-7-6-8-14-27)37(22-25-12-10-9-11-24(25)2)33(39)23-38(28-17-15-26(35)16-18-28)45(41,42)29-19-20-31(43-3)32(21-29)44-4/h9-12,15-21,27,30H,5-8,13-14,22-23H2,1-4H3,(H,36,40)/t30-/m1/s1. The zero-order valence-corrected chi connectivity index (χ0v) is 27.9. The van der Waals surface area contributed by atoms with Crippen molar-refractivity contribution in [2.75, 3.05) is 25.1 Å². The van der Waals surface area contributed by atoms with E-state index in [1.807, 2.05) is 38.1 Å². The number of amides is 2. The molecule has 4 rings (SSSR count). The Kier molecular flexibility index (Phi) is 11.7. The molecule has 0 bridgehead atoms. The Morgan fingerprint density at radius 3 is 2.24 bits per heavy atom. The van der Waals surface area contributed by atoms with Gasteiger partial charge in [-0.3, -0.25) is 13.9 Å². The number of nitrogens with one attached hydrogen (secondary N) is 1. The van der Waals surface area contributed by atoms with Gasteiger partial charge in [-0.15, -0.1) is 0 Å². The first-order valence-electron chi connectivity index (χ1n) is 15.2. The highest BCUT2D eigenvalue weighted by Gasteiger charge is 2.35. The molecule has 1 fully saturated rings. The molecule has 1 saturated carbocycles. The van der Waals surface area contributed by atoms with Crippen LogP contribution < -0.4 is 19.1 Å². The summed E-state index contributed by atoms with van der Waals surface area (Å²) in [6, 6.07) is 17.4. The molecule has 0 saturated heterocycles. The van der Waals surface area contributed by atoms with Crippen LogP contribution in [0.2, 0.25) is 5.02 Å². The first-order valence-corrected chi connectivity index (χ1v) is 17.1. The van der Waals surface area contributed by atoms with Crippen LogP contribution in [0.25, 0.3) is 0 Å². The number of anilines is 1. The Morgan fingerprint density at radius 1 is 0.956 bits per heavy atom. The Bertz CT molecular complexity index is 1570. The summed E-state index contributed by atoms with van der Waals surface area (Å²) in [5, 5.41) is 3.59. The van der Waals surface area contributed by atoms with Gasteiger partial charge in [-0.25, -0.2) is 8.42 Å². The zero-order chi connectivity index (χ0) is 32.6. The van der Waals surface area contributed by atoms with E-state index >= 15 is 0 Å². The molecule has 1 atom stereocenters. The van der Waals surface area contributed by atoms with Crippen molar-refractivity contribution < 1.29 is 27.5 Å². The van der Waals surface area contributed by atoms with Gasteiger partial charge in [-0.1, -0.05) is 62.1 Å². The third-order valence-electron chi connectivity index (χ3n) is 8.28. The van der Waals surface area contributed by atoms with Crippen molar-refractivity contribution in [2.45, 2.75) is 75.9 Å².